The highest BCUT2D eigenvalue weighted by Gasteiger charge is 2.28. The van der Waals surface area contributed by atoms with Crippen molar-refractivity contribution in [3.63, 3.8) is 0 Å². The van der Waals surface area contributed by atoms with E-state index >= 15 is 0 Å². The van der Waals surface area contributed by atoms with Crippen LogP contribution in [-0.2, 0) is 13.1 Å². The van der Waals surface area contributed by atoms with Gasteiger partial charge in [0.1, 0.15) is 5.82 Å². The van der Waals surface area contributed by atoms with Gasteiger partial charge in [0.15, 0.2) is 10.3 Å². The van der Waals surface area contributed by atoms with Gasteiger partial charge in [0.05, 0.1) is 18.1 Å². The SMILES string of the molecule is CCC(c1nc2scnc2c(=O)n1Cc1ccccc1)N1CCN(Cc2ccccc2)CC1. The third kappa shape index (κ3) is 4.76. The highest BCUT2D eigenvalue weighted by molar-refractivity contribution is 7.16. The molecule has 0 radical (unpaired) electrons. The molecule has 1 atom stereocenters. The zero-order valence-electron chi connectivity index (χ0n) is 18.9. The van der Waals surface area contributed by atoms with Crippen molar-refractivity contribution in [2.24, 2.45) is 0 Å². The molecule has 1 aliphatic heterocycles. The van der Waals surface area contributed by atoms with Gasteiger partial charge in [-0.25, -0.2) is 9.97 Å². The van der Waals surface area contributed by atoms with E-state index in [0.29, 0.717) is 12.1 Å². The molecule has 170 valence electrons. The Kier molecular flexibility index (Phi) is 6.62. The number of aromatic nitrogens is 3. The maximum Gasteiger partial charge on any atom is 0.281 e. The number of benzene rings is 2. The second kappa shape index (κ2) is 9.95. The van der Waals surface area contributed by atoms with Gasteiger partial charge in [-0.15, -0.1) is 11.3 Å². The Balaban J connectivity index is 1.41. The molecule has 1 saturated heterocycles. The molecule has 0 aliphatic carbocycles. The summed E-state index contributed by atoms with van der Waals surface area (Å²) in [6, 6.07) is 20.9. The van der Waals surface area contributed by atoms with Crippen molar-refractivity contribution in [3.8, 4) is 0 Å². The van der Waals surface area contributed by atoms with E-state index in [1.165, 1.54) is 16.9 Å². The molecule has 6 nitrogen and oxygen atoms in total. The lowest BCUT2D eigenvalue weighted by atomic mass is 10.1. The highest BCUT2D eigenvalue weighted by Crippen LogP contribution is 2.26. The molecule has 1 fully saturated rings. The summed E-state index contributed by atoms with van der Waals surface area (Å²) in [7, 11) is 0. The van der Waals surface area contributed by atoms with Crippen molar-refractivity contribution < 1.29 is 0 Å². The third-order valence-electron chi connectivity index (χ3n) is 6.45. The molecule has 7 heteroatoms. The van der Waals surface area contributed by atoms with Crippen LogP contribution in [0.2, 0.25) is 0 Å². The number of fused-ring (bicyclic) bond motifs is 1. The van der Waals surface area contributed by atoms with Crippen LogP contribution in [0.3, 0.4) is 0 Å². The van der Waals surface area contributed by atoms with Crippen LogP contribution < -0.4 is 5.56 Å². The van der Waals surface area contributed by atoms with Crippen LogP contribution in [0.1, 0.15) is 36.3 Å². The fraction of sp³-hybridized carbons (Fsp3) is 0.346. The van der Waals surface area contributed by atoms with Crippen LogP contribution in [-0.4, -0.2) is 50.5 Å². The van der Waals surface area contributed by atoms with Crippen LogP contribution in [0.5, 0.6) is 0 Å². The molecule has 4 aromatic rings. The first kappa shape index (κ1) is 21.9. The molecule has 0 N–H and O–H groups in total. The first-order chi connectivity index (χ1) is 16.2. The van der Waals surface area contributed by atoms with Crippen molar-refractivity contribution >= 4 is 21.7 Å². The molecule has 2 aromatic heterocycles. The summed E-state index contributed by atoms with van der Waals surface area (Å²) in [5.74, 6) is 0.861. The first-order valence-electron chi connectivity index (χ1n) is 11.6. The van der Waals surface area contributed by atoms with E-state index in [-0.39, 0.29) is 11.6 Å². The van der Waals surface area contributed by atoms with Gasteiger partial charge in [0, 0.05) is 32.7 Å². The van der Waals surface area contributed by atoms with E-state index in [4.69, 9.17) is 4.98 Å². The lowest BCUT2D eigenvalue weighted by Crippen LogP contribution is -2.48. The van der Waals surface area contributed by atoms with Crippen molar-refractivity contribution in [2.75, 3.05) is 26.2 Å². The van der Waals surface area contributed by atoms with Gasteiger partial charge in [-0.05, 0) is 17.5 Å². The molecule has 1 unspecified atom stereocenters. The number of nitrogens with zero attached hydrogens (tertiary/aromatic N) is 5. The second-order valence-corrected chi connectivity index (χ2v) is 9.41. The van der Waals surface area contributed by atoms with Crippen molar-refractivity contribution in [1.29, 1.82) is 0 Å². The molecule has 5 rings (SSSR count). The van der Waals surface area contributed by atoms with Gasteiger partial charge in [-0.2, -0.15) is 0 Å². The van der Waals surface area contributed by atoms with Crippen LogP contribution in [0, 0.1) is 0 Å². The van der Waals surface area contributed by atoms with E-state index in [0.717, 1.165) is 55.4 Å². The lowest BCUT2D eigenvalue weighted by Gasteiger charge is -2.39. The normalized spacial score (nSPS) is 16.3. The third-order valence-corrected chi connectivity index (χ3v) is 7.17. The number of hydrogen-bond acceptors (Lipinski definition) is 6. The molecule has 33 heavy (non-hydrogen) atoms. The summed E-state index contributed by atoms with van der Waals surface area (Å²) < 4.78 is 1.85. The molecule has 0 spiro atoms. The minimum absolute atomic E-state index is 0.0405. The fourth-order valence-corrected chi connectivity index (χ4v) is 5.37. The Morgan fingerprint density at radius 1 is 0.909 bits per heavy atom. The number of rotatable bonds is 7. The van der Waals surface area contributed by atoms with Crippen LogP contribution in [0.25, 0.3) is 10.3 Å². The predicted octanol–water partition coefficient (Wildman–Crippen LogP) is 4.17. The quantitative estimate of drug-likeness (QED) is 0.415. The monoisotopic (exact) mass is 459 g/mol. The predicted molar refractivity (Wildman–Crippen MR) is 134 cm³/mol. The molecule has 1 aliphatic rings. The minimum atomic E-state index is -0.0405. The fourth-order valence-electron chi connectivity index (χ4n) is 4.71. The van der Waals surface area contributed by atoms with Crippen LogP contribution in [0.4, 0.5) is 0 Å². The van der Waals surface area contributed by atoms with Crippen LogP contribution >= 0.6 is 11.3 Å². The molecule has 0 amide bonds. The molecular weight excluding hydrogens is 430 g/mol. The highest BCUT2D eigenvalue weighted by atomic mass is 32.1. The summed E-state index contributed by atoms with van der Waals surface area (Å²) >= 11 is 1.44. The molecule has 0 saturated carbocycles. The van der Waals surface area contributed by atoms with Gasteiger partial charge >= 0.3 is 0 Å². The summed E-state index contributed by atoms with van der Waals surface area (Å²) in [4.78, 5) is 28.5. The average molecular weight is 460 g/mol. The Hall–Kier alpha value is -2.87. The van der Waals surface area contributed by atoms with Gasteiger partial charge in [-0.3, -0.25) is 19.2 Å². The van der Waals surface area contributed by atoms with Crippen molar-refractivity contribution in [2.45, 2.75) is 32.5 Å². The van der Waals surface area contributed by atoms with Crippen LogP contribution in [0.15, 0.2) is 71.0 Å². The maximum absolute atomic E-state index is 13.4. The zero-order valence-corrected chi connectivity index (χ0v) is 19.7. The van der Waals surface area contributed by atoms with E-state index in [9.17, 15) is 4.79 Å². The van der Waals surface area contributed by atoms with Crippen molar-refractivity contribution in [3.05, 3.63) is 93.5 Å². The number of hydrogen-bond donors (Lipinski definition) is 0. The largest absolute Gasteiger partial charge is 0.297 e. The minimum Gasteiger partial charge on any atom is -0.297 e. The Morgan fingerprint density at radius 2 is 1.55 bits per heavy atom. The molecule has 0 bridgehead atoms. The Labute approximate surface area is 198 Å². The first-order valence-corrected chi connectivity index (χ1v) is 12.5. The summed E-state index contributed by atoms with van der Waals surface area (Å²) in [5.41, 5.74) is 4.61. The smallest absolute Gasteiger partial charge is 0.281 e. The van der Waals surface area contributed by atoms with E-state index in [2.05, 4.69) is 64.2 Å². The summed E-state index contributed by atoms with van der Waals surface area (Å²) in [5, 5.41) is 0. The van der Waals surface area contributed by atoms with Crippen molar-refractivity contribution in [1.82, 2.24) is 24.3 Å². The summed E-state index contributed by atoms with van der Waals surface area (Å²) in [6.07, 6.45) is 0.907. The average Bonchev–Trinajstić information content (AvgIpc) is 3.33. The Morgan fingerprint density at radius 3 is 2.18 bits per heavy atom. The van der Waals surface area contributed by atoms with E-state index in [1.54, 1.807) is 5.51 Å². The lowest BCUT2D eigenvalue weighted by molar-refractivity contribution is 0.0845. The molecule has 3 heterocycles. The zero-order chi connectivity index (χ0) is 22.6. The van der Waals surface area contributed by atoms with Gasteiger partial charge in [-0.1, -0.05) is 67.6 Å². The molecular formula is C26H29N5OS. The maximum atomic E-state index is 13.4. The molecule has 2 aromatic carbocycles. The van der Waals surface area contributed by atoms with Gasteiger partial charge in [0.25, 0.3) is 5.56 Å². The van der Waals surface area contributed by atoms with Gasteiger partial charge in [0.2, 0.25) is 0 Å². The number of piperazine rings is 1. The van der Waals surface area contributed by atoms with Gasteiger partial charge < -0.3 is 0 Å². The standard InChI is InChI=1S/C26H29N5OS/c1-2-22(30-15-13-29(14-16-30)17-20-9-5-3-6-10-20)24-28-25-23(27-19-33-25)26(32)31(24)18-21-11-7-4-8-12-21/h3-12,19,22H,2,13-18H2,1H3. The Bertz CT molecular complexity index is 1250. The number of thiazole rings is 1. The topological polar surface area (TPSA) is 54.3 Å². The van der Waals surface area contributed by atoms with E-state index in [1.807, 2.05) is 22.8 Å². The second-order valence-electron chi connectivity index (χ2n) is 8.57. The van der Waals surface area contributed by atoms with E-state index < -0.39 is 0 Å². The summed E-state index contributed by atoms with van der Waals surface area (Å²) in [6.45, 7) is 7.64.